The number of rotatable bonds is 6. The SMILES string of the molecule is O=C(O)NC[C@@H]1CN(c2nccc(Nc3cc(C4CCCC4)[nH]n3)n2)CCO1. The Balaban J connectivity index is 1.39. The number of hydrogen-bond donors (Lipinski definition) is 4. The monoisotopic (exact) mass is 387 g/mol. The van der Waals surface area contributed by atoms with Crippen LogP contribution in [0.5, 0.6) is 0 Å². The fourth-order valence-electron chi connectivity index (χ4n) is 3.77. The van der Waals surface area contributed by atoms with Crippen LogP contribution in [0, 0.1) is 0 Å². The van der Waals surface area contributed by atoms with Crippen LogP contribution in [-0.2, 0) is 4.74 Å². The van der Waals surface area contributed by atoms with Crippen LogP contribution in [0.2, 0.25) is 0 Å². The van der Waals surface area contributed by atoms with Crippen LogP contribution in [-0.4, -0.2) is 63.7 Å². The topological polar surface area (TPSA) is 128 Å². The molecule has 1 saturated carbocycles. The summed E-state index contributed by atoms with van der Waals surface area (Å²) in [5, 5.41) is 21.8. The van der Waals surface area contributed by atoms with Gasteiger partial charge in [0.15, 0.2) is 5.82 Å². The van der Waals surface area contributed by atoms with Gasteiger partial charge >= 0.3 is 6.09 Å². The van der Waals surface area contributed by atoms with Crippen LogP contribution in [0.1, 0.15) is 37.3 Å². The summed E-state index contributed by atoms with van der Waals surface area (Å²) in [6, 6.07) is 3.86. The van der Waals surface area contributed by atoms with E-state index >= 15 is 0 Å². The number of morpholine rings is 1. The van der Waals surface area contributed by atoms with Gasteiger partial charge in [-0.15, -0.1) is 0 Å². The van der Waals surface area contributed by atoms with Crippen molar-refractivity contribution in [2.24, 2.45) is 0 Å². The minimum absolute atomic E-state index is 0.231. The lowest BCUT2D eigenvalue weighted by molar-refractivity contribution is 0.0405. The summed E-state index contributed by atoms with van der Waals surface area (Å²) >= 11 is 0. The molecule has 0 radical (unpaired) electrons. The molecule has 0 bridgehead atoms. The average molecular weight is 387 g/mol. The van der Waals surface area contributed by atoms with E-state index in [1.807, 2.05) is 4.90 Å². The van der Waals surface area contributed by atoms with Crippen LogP contribution in [0.15, 0.2) is 18.3 Å². The molecular weight excluding hydrogens is 362 g/mol. The summed E-state index contributed by atoms with van der Waals surface area (Å²) < 4.78 is 5.60. The zero-order valence-corrected chi connectivity index (χ0v) is 15.6. The first kappa shape index (κ1) is 18.5. The molecule has 4 N–H and O–H groups in total. The molecule has 0 unspecified atom stereocenters. The Kier molecular flexibility index (Phi) is 5.56. The number of amides is 1. The van der Waals surface area contributed by atoms with E-state index in [1.54, 1.807) is 12.3 Å². The van der Waals surface area contributed by atoms with Crippen molar-refractivity contribution >= 4 is 23.7 Å². The highest BCUT2D eigenvalue weighted by Crippen LogP contribution is 2.34. The molecule has 1 amide bonds. The Hall–Kier alpha value is -2.88. The second kappa shape index (κ2) is 8.42. The molecule has 2 aromatic heterocycles. The van der Waals surface area contributed by atoms with Crippen LogP contribution in [0.3, 0.4) is 0 Å². The van der Waals surface area contributed by atoms with E-state index in [2.05, 4.69) is 36.9 Å². The summed E-state index contributed by atoms with van der Waals surface area (Å²) in [6.45, 7) is 1.91. The molecule has 4 rings (SSSR count). The normalized spacial score (nSPS) is 20.3. The van der Waals surface area contributed by atoms with Gasteiger partial charge in [-0.1, -0.05) is 12.8 Å². The first-order valence-corrected chi connectivity index (χ1v) is 9.66. The number of anilines is 3. The Labute approximate surface area is 162 Å². The molecule has 0 aromatic carbocycles. The summed E-state index contributed by atoms with van der Waals surface area (Å²) in [6.07, 6.45) is 5.41. The second-order valence-electron chi connectivity index (χ2n) is 7.18. The Morgan fingerprint density at radius 2 is 2.21 bits per heavy atom. The van der Waals surface area contributed by atoms with Gasteiger partial charge < -0.3 is 25.4 Å². The third-order valence-electron chi connectivity index (χ3n) is 5.19. The van der Waals surface area contributed by atoms with E-state index in [4.69, 9.17) is 9.84 Å². The number of aromatic amines is 1. The maximum atomic E-state index is 10.7. The van der Waals surface area contributed by atoms with Crippen LogP contribution in [0.25, 0.3) is 0 Å². The number of H-pyrrole nitrogens is 1. The molecule has 1 saturated heterocycles. The van der Waals surface area contributed by atoms with E-state index in [9.17, 15) is 4.79 Å². The molecule has 10 nitrogen and oxygen atoms in total. The van der Waals surface area contributed by atoms with Gasteiger partial charge in [-0.25, -0.2) is 9.78 Å². The zero-order chi connectivity index (χ0) is 19.3. The van der Waals surface area contributed by atoms with Crippen LogP contribution >= 0.6 is 0 Å². The van der Waals surface area contributed by atoms with Crippen molar-refractivity contribution in [1.29, 1.82) is 0 Å². The highest BCUT2D eigenvalue weighted by Gasteiger charge is 2.23. The first-order valence-electron chi connectivity index (χ1n) is 9.66. The second-order valence-corrected chi connectivity index (χ2v) is 7.18. The van der Waals surface area contributed by atoms with Gasteiger partial charge in [0.2, 0.25) is 5.95 Å². The minimum Gasteiger partial charge on any atom is -0.465 e. The van der Waals surface area contributed by atoms with Crippen molar-refractivity contribution in [1.82, 2.24) is 25.5 Å². The molecule has 0 spiro atoms. The van der Waals surface area contributed by atoms with Crippen molar-refractivity contribution in [2.75, 3.05) is 36.5 Å². The van der Waals surface area contributed by atoms with E-state index in [1.165, 1.54) is 31.4 Å². The van der Waals surface area contributed by atoms with Crippen molar-refractivity contribution in [3.63, 3.8) is 0 Å². The number of carboxylic acid groups (broad SMARTS) is 1. The zero-order valence-electron chi connectivity index (χ0n) is 15.6. The van der Waals surface area contributed by atoms with E-state index in [0.717, 1.165) is 5.82 Å². The predicted molar refractivity (Wildman–Crippen MR) is 103 cm³/mol. The average Bonchev–Trinajstić information content (AvgIpc) is 3.39. The number of nitrogens with zero attached hydrogens (tertiary/aromatic N) is 4. The molecule has 28 heavy (non-hydrogen) atoms. The van der Waals surface area contributed by atoms with E-state index in [-0.39, 0.29) is 12.6 Å². The lowest BCUT2D eigenvalue weighted by atomic mass is 10.0. The quantitative estimate of drug-likeness (QED) is 0.593. The molecule has 10 heteroatoms. The third kappa shape index (κ3) is 4.50. The summed E-state index contributed by atoms with van der Waals surface area (Å²) in [7, 11) is 0. The lowest BCUT2D eigenvalue weighted by Crippen LogP contribution is -2.48. The highest BCUT2D eigenvalue weighted by molar-refractivity contribution is 5.64. The molecule has 1 aliphatic heterocycles. The molecule has 150 valence electrons. The van der Waals surface area contributed by atoms with Crippen LogP contribution in [0.4, 0.5) is 22.4 Å². The van der Waals surface area contributed by atoms with Crippen molar-refractivity contribution in [2.45, 2.75) is 37.7 Å². The molecule has 1 atom stereocenters. The highest BCUT2D eigenvalue weighted by atomic mass is 16.5. The van der Waals surface area contributed by atoms with Crippen molar-refractivity contribution in [3.8, 4) is 0 Å². The Morgan fingerprint density at radius 1 is 1.36 bits per heavy atom. The van der Waals surface area contributed by atoms with Gasteiger partial charge in [0.25, 0.3) is 0 Å². The lowest BCUT2D eigenvalue weighted by Gasteiger charge is -2.32. The largest absolute Gasteiger partial charge is 0.465 e. The van der Waals surface area contributed by atoms with Gasteiger partial charge in [-0.3, -0.25) is 5.10 Å². The van der Waals surface area contributed by atoms with Crippen molar-refractivity contribution in [3.05, 3.63) is 24.0 Å². The van der Waals surface area contributed by atoms with Crippen molar-refractivity contribution < 1.29 is 14.6 Å². The minimum atomic E-state index is -1.06. The number of hydrogen-bond acceptors (Lipinski definition) is 7. The molecule has 3 heterocycles. The van der Waals surface area contributed by atoms with Gasteiger partial charge in [-0.05, 0) is 18.9 Å². The van der Waals surface area contributed by atoms with E-state index in [0.29, 0.717) is 37.4 Å². The summed E-state index contributed by atoms with van der Waals surface area (Å²) in [5.74, 6) is 2.58. The maximum Gasteiger partial charge on any atom is 0.404 e. The fourth-order valence-corrected chi connectivity index (χ4v) is 3.77. The predicted octanol–water partition coefficient (Wildman–Crippen LogP) is 2.07. The van der Waals surface area contributed by atoms with Gasteiger partial charge in [0, 0.05) is 43.5 Å². The summed E-state index contributed by atoms with van der Waals surface area (Å²) in [4.78, 5) is 21.6. The molecule has 2 aliphatic rings. The van der Waals surface area contributed by atoms with Gasteiger partial charge in [0.05, 0.1) is 12.7 Å². The van der Waals surface area contributed by atoms with Gasteiger partial charge in [-0.2, -0.15) is 10.1 Å². The maximum absolute atomic E-state index is 10.7. The molecular formula is C18H25N7O3. The Morgan fingerprint density at radius 3 is 3.04 bits per heavy atom. The first-order chi connectivity index (χ1) is 13.7. The number of ether oxygens (including phenoxy) is 1. The molecule has 1 aliphatic carbocycles. The van der Waals surface area contributed by atoms with E-state index < -0.39 is 6.09 Å². The standard InChI is InChI=1S/C18H25N7O3/c26-18(27)20-10-13-11-25(7-8-28-13)17-19-6-5-15(22-17)21-16-9-14(23-24-16)12-3-1-2-4-12/h5-6,9,12-13,20H,1-4,7-8,10-11H2,(H,26,27)(H2,19,21,22,23,24)/t13-/m1/s1. The summed E-state index contributed by atoms with van der Waals surface area (Å²) in [5.41, 5.74) is 1.18. The number of carbonyl (C=O) groups is 1. The smallest absolute Gasteiger partial charge is 0.404 e. The molecule has 2 aromatic rings. The fraction of sp³-hybridized carbons (Fsp3) is 0.556. The van der Waals surface area contributed by atoms with Crippen LogP contribution < -0.4 is 15.5 Å². The third-order valence-corrected chi connectivity index (χ3v) is 5.19. The Bertz CT molecular complexity index is 806. The van der Waals surface area contributed by atoms with Gasteiger partial charge in [0.1, 0.15) is 5.82 Å². The molecule has 2 fully saturated rings. The number of aromatic nitrogens is 4. The number of nitrogens with one attached hydrogen (secondary N) is 3.